The zero-order valence-electron chi connectivity index (χ0n) is 8.48. The van der Waals surface area contributed by atoms with E-state index in [-0.39, 0.29) is 0 Å². The molecule has 0 aliphatic rings. The Hall–Kier alpha value is -0.160. The third-order valence-corrected chi connectivity index (χ3v) is 1.53. The van der Waals surface area contributed by atoms with Gasteiger partial charge in [-0.05, 0) is 0 Å². The first-order chi connectivity index (χ1) is 6.13. The number of aliphatic hydroxyl groups is 4. The molecular weight excluding hydrogens is 172 g/mol. The third kappa shape index (κ3) is 11.8. The second-order valence-electron chi connectivity index (χ2n) is 2.85. The van der Waals surface area contributed by atoms with E-state index in [4.69, 9.17) is 20.4 Å². The topological polar surface area (TPSA) is 80.9 Å². The van der Waals surface area contributed by atoms with Gasteiger partial charge in [0.2, 0.25) is 0 Å². The fraction of sp³-hybridized carbons (Fsp3) is 1.00. The van der Waals surface area contributed by atoms with Crippen molar-refractivity contribution < 1.29 is 20.4 Å². The van der Waals surface area contributed by atoms with Crippen molar-refractivity contribution in [2.75, 3.05) is 13.2 Å². The van der Waals surface area contributed by atoms with Crippen molar-refractivity contribution in [3.8, 4) is 0 Å². The quantitative estimate of drug-likeness (QED) is 0.492. The number of unbranched alkanes of at least 4 members (excludes halogenated alkanes) is 2. The van der Waals surface area contributed by atoms with Crippen molar-refractivity contribution in [2.45, 2.75) is 45.3 Å². The molecule has 0 saturated carbocycles. The van der Waals surface area contributed by atoms with Gasteiger partial charge < -0.3 is 20.4 Å². The molecule has 82 valence electrons. The van der Waals surface area contributed by atoms with Gasteiger partial charge in [-0.2, -0.15) is 0 Å². The predicted molar refractivity (Wildman–Crippen MR) is 51.4 cm³/mol. The Bertz CT molecular complexity index is 77.7. The van der Waals surface area contributed by atoms with E-state index in [1.54, 1.807) is 0 Å². The molecule has 4 heteroatoms. The van der Waals surface area contributed by atoms with Crippen LogP contribution < -0.4 is 0 Å². The summed E-state index contributed by atoms with van der Waals surface area (Å²) in [4.78, 5) is 0. The SMILES string of the molecule is CCCCC.OC[C@@H](O)[C@@H](O)CO. The normalized spacial score (nSPS) is 14.3. The smallest absolute Gasteiger partial charge is 0.105 e. The highest BCUT2D eigenvalue weighted by Crippen LogP contribution is 1.88. The summed E-state index contributed by atoms with van der Waals surface area (Å²) in [7, 11) is 0. The van der Waals surface area contributed by atoms with E-state index in [1.807, 2.05) is 0 Å². The van der Waals surface area contributed by atoms with Gasteiger partial charge in [0.15, 0.2) is 0 Å². The van der Waals surface area contributed by atoms with Crippen molar-refractivity contribution in [1.29, 1.82) is 0 Å². The van der Waals surface area contributed by atoms with E-state index < -0.39 is 25.4 Å². The van der Waals surface area contributed by atoms with Crippen LogP contribution in [0.1, 0.15) is 33.1 Å². The van der Waals surface area contributed by atoms with Crippen LogP contribution in [-0.2, 0) is 0 Å². The summed E-state index contributed by atoms with van der Waals surface area (Å²) in [6.07, 6.45) is 1.63. The minimum absolute atomic E-state index is 0.526. The predicted octanol–water partition coefficient (Wildman–Crippen LogP) is -0.111. The van der Waals surface area contributed by atoms with Gasteiger partial charge in [0, 0.05) is 0 Å². The Kier molecular flexibility index (Phi) is 14.0. The minimum Gasteiger partial charge on any atom is -0.394 e. The zero-order chi connectivity index (χ0) is 10.7. The standard InChI is InChI=1S/C5H12.C4H10O4/c1-3-5-4-2;5-1-3(7)4(8)2-6/h3-5H2,1-2H3;3-8H,1-2H2/t;3-,4+. The molecule has 4 N–H and O–H groups in total. The summed E-state index contributed by atoms with van der Waals surface area (Å²) in [5, 5.41) is 33.2. The fourth-order valence-electron chi connectivity index (χ4n) is 0.597. The summed E-state index contributed by atoms with van der Waals surface area (Å²) < 4.78 is 0. The first-order valence-electron chi connectivity index (χ1n) is 4.71. The van der Waals surface area contributed by atoms with Crippen LogP contribution in [0, 0.1) is 0 Å². The summed E-state index contributed by atoms with van der Waals surface area (Å²) in [5.74, 6) is 0. The molecule has 2 atom stereocenters. The lowest BCUT2D eigenvalue weighted by atomic mass is 10.2. The van der Waals surface area contributed by atoms with Gasteiger partial charge in [-0.1, -0.05) is 33.1 Å². The fourth-order valence-corrected chi connectivity index (χ4v) is 0.597. The molecule has 0 saturated heterocycles. The van der Waals surface area contributed by atoms with E-state index >= 15 is 0 Å². The van der Waals surface area contributed by atoms with Crippen LogP contribution in [0.3, 0.4) is 0 Å². The maximum Gasteiger partial charge on any atom is 0.105 e. The maximum absolute atomic E-state index is 8.47. The van der Waals surface area contributed by atoms with Crippen LogP contribution in [0.15, 0.2) is 0 Å². The maximum atomic E-state index is 8.47. The monoisotopic (exact) mass is 194 g/mol. The molecule has 0 bridgehead atoms. The molecule has 0 unspecified atom stereocenters. The van der Waals surface area contributed by atoms with Gasteiger partial charge in [0.05, 0.1) is 13.2 Å². The molecule has 0 aliphatic heterocycles. The largest absolute Gasteiger partial charge is 0.394 e. The van der Waals surface area contributed by atoms with E-state index in [0.717, 1.165) is 0 Å². The van der Waals surface area contributed by atoms with Crippen molar-refractivity contribution in [3.63, 3.8) is 0 Å². The molecule has 4 nitrogen and oxygen atoms in total. The molecule has 0 aromatic rings. The highest BCUT2D eigenvalue weighted by Gasteiger charge is 2.12. The number of rotatable bonds is 5. The van der Waals surface area contributed by atoms with Crippen LogP contribution in [0.5, 0.6) is 0 Å². The molecule has 13 heavy (non-hydrogen) atoms. The van der Waals surface area contributed by atoms with E-state index in [0.29, 0.717) is 0 Å². The molecule has 0 rings (SSSR count). The molecule has 0 aliphatic carbocycles. The average molecular weight is 194 g/mol. The Morgan fingerprint density at radius 1 is 0.846 bits per heavy atom. The van der Waals surface area contributed by atoms with Crippen LogP contribution in [-0.4, -0.2) is 45.8 Å². The van der Waals surface area contributed by atoms with Crippen LogP contribution in [0.25, 0.3) is 0 Å². The van der Waals surface area contributed by atoms with Crippen LogP contribution >= 0.6 is 0 Å². The Morgan fingerprint density at radius 3 is 1.23 bits per heavy atom. The molecule has 0 fully saturated rings. The second kappa shape index (κ2) is 11.8. The van der Waals surface area contributed by atoms with Crippen molar-refractivity contribution >= 4 is 0 Å². The highest BCUT2D eigenvalue weighted by atomic mass is 16.4. The van der Waals surface area contributed by atoms with Crippen molar-refractivity contribution in [1.82, 2.24) is 0 Å². The third-order valence-electron chi connectivity index (χ3n) is 1.53. The van der Waals surface area contributed by atoms with E-state index in [9.17, 15) is 0 Å². The first-order valence-corrected chi connectivity index (χ1v) is 4.71. The van der Waals surface area contributed by atoms with Gasteiger partial charge in [-0.15, -0.1) is 0 Å². The number of hydrogen-bond donors (Lipinski definition) is 4. The van der Waals surface area contributed by atoms with Gasteiger partial charge in [-0.25, -0.2) is 0 Å². The Morgan fingerprint density at radius 2 is 1.15 bits per heavy atom. The lowest BCUT2D eigenvalue weighted by molar-refractivity contribution is -0.0388. The molecule has 0 radical (unpaired) electrons. The number of aliphatic hydroxyl groups excluding tert-OH is 4. The van der Waals surface area contributed by atoms with Crippen molar-refractivity contribution in [3.05, 3.63) is 0 Å². The first kappa shape index (κ1) is 15.3. The zero-order valence-corrected chi connectivity index (χ0v) is 8.48. The van der Waals surface area contributed by atoms with E-state index in [2.05, 4.69) is 13.8 Å². The van der Waals surface area contributed by atoms with Crippen LogP contribution in [0.2, 0.25) is 0 Å². The van der Waals surface area contributed by atoms with E-state index in [1.165, 1.54) is 19.3 Å². The molecular formula is C9H22O4. The van der Waals surface area contributed by atoms with Gasteiger partial charge in [0.25, 0.3) is 0 Å². The molecule has 0 aromatic heterocycles. The van der Waals surface area contributed by atoms with Crippen molar-refractivity contribution in [2.24, 2.45) is 0 Å². The molecule has 0 amide bonds. The molecule has 0 heterocycles. The second-order valence-corrected chi connectivity index (χ2v) is 2.85. The Balaban J connectivity index is 0. The summed E-state index contributed by atoms with van der Waals surface area (Å²) in [6, 6.07) is 0. The summed E-state index contributed by atoms with van der Waals surface area (Å²) >= 11 is 0. The lowest BCUT2D eigenvalue weighted by Crippen LogP contribution is -2.31. The summed E-state index contributed by atoms with van der Waals surface area (Å²) in [6.45, 7) is 3.37. The van der Waals surface area contributed by atoms with Gasteiger partial charge >= 0.3 is 0 Å². The van der Waals surface area contributed by atoms with Gasteiger partial charge in [0.1, 0.15) is 12.2 Å². The molecule has 0 aromatic carbocycles. The highest BCUT2D eigenvalue weighted by molar-refractivity contribution is 4.62. The number of hydrogen-bond acceptors (Lipinski definition) is 4. The molecule has 0 spiro atoms. The average Bonchev–Trinajstić information content (AvgIpc) is 2.17. The van der Waals surface area contributed by atoms with Crippen LogP contribution in [0.4, 0.5) is 0 Å². The Labute approximate surface area is 79.8 Å². The summed E-state index contributed by atoms with van der Waals surface area (Å²) in [5.41, 5.74) is 0. The van der Waals surface area contributed by atoms with Gasteiger partial charge in [-0.3, -0.25) is 0 Å². The lowest BCUT2D eigenvalue weighted by Gasteiger charge is -2.10. The minimum atomic E-state index is -1.22.